The maximum Gasteiger partial charge on any atom is 0.249 e. The van der Waals surface area contributed by atoms with Crippen LogP contribution in [0.15, 0.2) is 36.5 Å². The van der Waals surface area contributed by atoms with Crippen molar-refractivity contribution in [2.24, 2.45) is 5.92 Å². The minimum absolute atomic E-state index is 0.112. The maximum absolute atomic E-state index is 14.7. The van der Waals surface area contributed by atoms with E-state index in [1.807, 2.05) is 36.7 Å². The number of methoxy groups -OCH3 is 1. The lowest BCUT2D eigenvalue weighted by Gasteiger charge is -2.38. The smallest absolute Gasteiger partial charge is 0.249 e. The van der Waals surface area contributed by atoms with E-state index in [2.05, 4.69) is 0 Å². The van der Waals surface area contributed by atoms with E-state index in [0.717, 1.165) is 11.8 Å². The van der Waals surface area contributed by atoms with E-state index in [9.17, 15) is 18.4 Å². The van der Waals surface area contributed by atoms with Crippen molar-refractivity contribution in [2.75, 3.05) is 33.4 Å². The molecule has 0 unspecified atom stereocenters. The van der Waals surface area contributed by atoms with Gasteiger partial charge in [0.05, 0.1) is 6.54 Å². The molecule has 2 heterocycles. The van der Waals surface area contributed by atoms with Crippen molar-refractivity contribution < 1.29 is 23.1 Å². The lowest BCUT2D eigenvalue weighted by molar-refractivity contribution is -0.144. The Bertz CT molecular complexity index is 913. The molecule has 2 aromatic rings. The van der Waals surface area contributed by atoms with E-state index in [0.29, 0.717) is 19.6 Å². The molecule has 2 amide bonds. The van der Waals surface area contributed by atoms with Crippen LogP contribution < -0.4 is 0 Å². The summed E-state index contributed by atoms with van der Waals surface area (Å²) >= 11 is 0. The summed E-state index contributed by atoms with van der Waals surface area (Å²) in [5.41, 5.74) is 0.974. The first-order valence-electron chi connectivity index (χ1n) is 9.98. The van der Waals surface area contributed by atoms with Gasteiger partial charge in [0.25, 0.3) is 0 Å². The zero-order valence-electron chi connectivity index (χ0n) is 17.5. The minimum atomic E-state index is -0.707. The van der Waals surface area contributed by atoms with Crippen LogP contribution in [0.25, 0.3) is 0 Å². The Kier molecular flexibility index (Phi) is 6.87. The van der Waals surface area contributed by atoms with Crippen LogP contribution in [0, 0.1) is 17.6 Å². The van der Waals surface area contributed by atoms with Gasteiger partial charge in [-0.05, 0) is 24.1 Å². The third-order valence-corrected chi connectivity index (χ3v) is 5.15. The molecule has 1 aliphatic heterocycles. The second-order valence-corrected chi connectivity index (χ2v) is 7.88. The number of hydrogen-bond donors (Lipinski definition) is 0. The molecule has 1 aliphatic rings. The number of amides is 2. The molecular weight excluding hydrogens is 392 g/mol. The number of carbonyl (C=O) groups is 2. The van der Waals surface area contributed by atoms with Gasteiger partial charge in [0.1, 0.15) is 24.3 Å². The maximum atomic E-state index is 14.7. The average Bonchev–Trinajstić information content (AvgIpc) is 3.15. The van der Waals surface area contributed by atoms with Crippen LogP contribution >= 0.6 is 0 Å². The van der Waals surface area contributed by atoms with Crippen LogP contribution in [-0.2, 0) is 20.9 Å². The predicted octanol–water partition coefficient (Wildman–Crippen LogP) is 2.83. The van der Waals surface area contributed by atoms with Crippen molar-refractivity contribution in [1.29, 1.82) is 0 Å². The Labute approximate surface area is 175 Å². The normalized spacial score (nSPS) is 15.9. The summed E-state index contributed by atoms with van der Waals surface area (Å²) in [6, 6.07) is 6.36. The fourth-order valence-electron chi connectivity index (χ4n) is 3.87. The topological polar surface area (TPSA) is 54.8 Å². The first-order valence-corrected chi connectivity index (χ1v) is 9.98. The highest BCUT2D eigenvalue weighted by atomic mass is 19.1. The van der Waals surface area contributed by atoms with Crippen molar-refractivity contribution in [3.63, 3.8) is 0 Å². The SMILES string of the molecule is COCC(=O)N(CC(=O)N1CCn2cccc2[C@H]1c1ccc(F)cc1F)CC(C)C. The summed E-state index contributed by atoms with van der Waals surface area (Å²) in [5, 5.41) is 0. The van der Waals surface area contributed by atoms with E-state index < -0.39 is 17.7 Å². The standard InChI is InChI=1S/C22H27F2N3O3/c1-15(2)12-26(21(29)14-30-3)13-20(28)27-10-9-25-8-4-5-19(25)22(27)17-7-6-16(23)11-18(17)24/h4-8,11,15,22H,9-10,12-14H2,1-3H3/t22-/m1/s1. The summed E-state index contributed by atoms with van der Waals surface area (Å²) < 4.78 is 35.0. The highest BCUT2D eigenvalue weighted by molar-refractivity contribution is 5.86. The van der Waals surface area contributed by atoms with Gasteiger partial charge >= 0.3 is 0 Å². The summed E-state index contributed by atoms with van der Waals surface area (Å²) in [7, 11) is 1.43. The molecule has 0 N–H and O–H groups in total. The second kappa shape index (κ2) is 9.38. The van der Waals surface area contributed by atoms with Crippen LogP contribution in [-0.4, -0.2) is 59.5 Å². The summed E-state index contributed by atoms with van der Waals surface area (Å²) in [4.78, 5) is 28.7. The number of nitrogens with zero attached hydrogens (tertiary/aromatic N) is 3. The second-order valence-electron chi connectivity index (χ2n) is 7.88. The highest BCUT2D eigenvalue weighted by Gasteiger charge is 2.35. The van der Waals surface area contributed by atoms with E-state index >= 15 is 0 Å². The summed E-state index contributed by atoms with van der Waals surface area (Å²) in [6.07, 6.45) is 1.87. The van der Waals surface area contributed by atoms with Crippen LogP contribution in [0.1, 0.15) is 31.1 Å². The molecule has 0 saturated heterocycles. The third kappa shape index (κ3) is 4.70. The molecule has 30 heavy (non-hydrogen) atoms. The molecule has 3 rings (SSSR count). The molecule has 8 heteroatoms. The predicted molar refractivity (Wildman–Crippen MR) is 108 cm³/mol. The third-order valence-electron chi connectivity index (χ3n) is 5.15. The lowest BCUT2D eigenvalue weighted by atomic mass is 9.99. The largest absolute Gasteiger partial charge is 0.375 e. The highest BCUT2D eigenvalue weighted by Crippen LogP contribution is 2.34. The number of halogens is 2. The monoisotopic (exact) mass is 419 g/mol. The Morgan fingerprint density at radius 1 is 1.23 bits per heavy atom. The first-order chi connectivity index (χ1) is 14.3. The van der Waals surface area contributed by atoms with E-state index in [-0.39, 0.29) is 36.4 Å². The summed E-state index contributed by atoms with van der Waals surface area (Å²) in [6.45, 7) is 5.01. The van der Waals surface area contributed by atoms with Crippen LogP contribution in [0.3, 0.4) is 0 Å². The van der Waals surface area contributed by atoms with Gasteiger partial charge in [0.15, 0.2) is 0 Å². The van der Waals surface area contributed by atoms with Gasteiger partial charge in [0.2, 0.25) is 11.8 Å². The quantitative estimate of drug-likeness (QED) is 0.694. The molecular formula is C22H27F2N3O3. The van der Waals surface area contributed by atoms with Gasteiger partial charge < -0.3 is 19.1 Å². The molecule has 0 fully saturated rings. The number of benzene rings is 1. The number of fused-ring (bicyclic) bond motifs is 1. The molecule has 162 valence electrons. The Hall–Kier alpha value is -2.74. The Morgan fingerprint density at radius 3 is 2.67 bits per heavy atom. The number of hydrogen-bond acceptors (Lipinski definition) is 3. The molecule has 0 aliphatic carbocycles. The number of ether oxygens (including phenoxy) is 1. The Morgan fingerprint density at radius 2 is 2.00 bits per heavy atom. The molecule has 6 nitrogen and oxygen atoms in total. The van der Waals surface area contributed by atoms with Gasteiger partial charge in [-0.2, -0.15) is 0 Å². The molecule has 1 aromatic carbocycles. The van der Waals surface area contributed by atoms with Crippen molar-refractivity contribution in [2.45, 2.75) is 26.4 Å². The van der Waals surface area contributed by atoms with Crippen molar-refractivity contribution in [3.05, 3.63) is 59.4 Å². The van der Waals surface area contributed by atoms with Crippen molar-refractivity contribution in [3.8, 4) is 0 Å². The van der Waals surface area contributed by atoms with Gasteiger partial charge in [0, 0.05) is 50.3 Å². The fourth-order valence-corrected chi connectivity index (χ4v) is 3.87. The molecule has 0 saturated carbocycles. The van der Waals surface area contributed by atoms with E-state index in [1.165, 1.54) is 24.1 Å². The van der Waals surface area contributed by atoms with Crippen LogP contribution in [0.4, 0.5) is 8.78 Å². The average molecular weight is 419 g/mol. The van der Waals surface area contributed by atoms with E-state index in [1.54, 1.807) is 4.90 Å². The molecule has 1 atom stereocenters. The number of carbonyl (C=O) groups excluding carboxylic acids is 2. The summed E-state index contributed by atoms with van der Waals surface area (Å²) in [5.74, 6) is -1.77. The van der Waals surface area contributed by atoms with Gasteiger partial charge in [-0.15, -0.1) is 0 Å². The van der Waals surface area contributed by atoms with Crippen molar-refractivity contribution >= 4 is 11.8 Å². The number of aromatic nitrogens is 1. The minimum Gasteiger partial charge on any atom is -0.375 e. The molecule has 0 bridgehead atoms. The molecule has 0 radical (unpaired) electrons. The lowest BCUT2D eigenvalue weighted by Crippen LogP contribution is -2.49. The van der Waals surface area contributed by atoms with Gasteiger partial charge in [-0.1, -0.05) is 19.9 Å². The van der Waals surface area contributed by atoms with E-state index in [4.69, 9.17) is 4.74 Å². The van der Waals surface area contributed by atoms with Gasteiger partial charge in [-0.25, -0.2) is 8.78 Å². The zero-order chi connectivity index (χ0) is 21.8. The first kappa shape index (κ1) is 22.0. The van der Waals surface area contributed by atoms with Crippen LogP contribution in [0.2, 0.25) is 0 Å². The fraction of sp³-hybridized carbons (Fsp3) is 0.455. The van der Waals surface area contributed by atoms with Crippen molar-refractivity contribution in [1.82, 2.24) is 14.4 Å². The number of rotatable bonds is 7. The Balaban J connectivity index is 1.92. The van der Waals surface area contributed by atoms with Gasteiger partial charge in [-0.3, -0.25) is 9.59 Å². The van der Waals surface area contributed by atoms with Crippen LogP contribution in [0.5, 0.6) is 0 Å². The zero-order valence-corrected chi connectivity index (χ0v) is 17.5. The molecule has 0 spiro atoms. The molecule has 1 aromatic heterocycles.